The number of methoxy groups -OCH3 is 1. The zero-order valence-electron chi connectivity index (χ0n) is 13.7. The second-order valence-electron chi connectivity index (χ2n) is 6.40. The molecule has 2 aliphatic rings. The van der Waals surface area contributed by atoms with E-state index in [1.54, 1.807) is 12.7 Å². The predicted octanol–water partition coefficient (Wildman–Crippen LogP) is 4.05. The van der Waals surface area contributed by atoms with Gasteiger partial charge in [0, 0.05) is 12.5 Å². The lowest BCUT2D eigenvalue weighted by Gasteiger charge is -2.33. The summed E-state index contributed by atoms with van der Waals surface area (Å²) in [5.41, 5.74) is 3.10. The molecule has 3 rings (SSSR count). The highest BCUT2D eigenvalue weighted by atomic mass is 16.5. The number of benzene rings is 1. The van der Waals surface area contributed by atoms with Gasteiger partial charge in [-0.05, 0) is 54.5 Å². The maximum Gasteiger partial charge on any atom is 0.114 e. The van der Waals surface area contributed by atoms with Crippen LogP contribution in [0, 0.1) is 11.8 Å². The Hall–Kier alpha value is -1.54. The van der Waals surface area contributed by atoms with Crippen molar-refractivity contribution in [3.63, 3.8) is 0 Å². The first-order chi connectivity index (χ1) is 10.8. The van der Waals surface area contributed by atoms with Crippen LogP contribution in [0.1, 0.15) is 36.8 Å². The van der Waals surface area contributed by atoms with Crippen LogP contribution in [0.3, 0.4) is 0 Å². The van der Waals surface area contributed by atoms with Crippen LogP contribution in [0.15, 0.2) is 48.3 Å². The first kappa shape index (κ1) is 15.4. The average molecular weight is 297 g/mol. The smallest absolute Gasteiger partial charge is 0.114 e. The summed E-state index contributed by atoms with van der Waals surface area (Å²) < 4.78 is 5.34. The Morgan fingerprint density at radius 1 is 1.32 bits per heavy atom. The van der Waals surface area contributed by atoms with Crippen LogP contribution in [0.25, 0.3) is 0 Å². The Bertz CT molecular complexity index is 561. The molecule has 0 bridgehead atoms. The van der Waals surface area contributed by atoms with Gasteiger partial charge in [0.1, 0.15) is 5.76 Å². The number of hydrogen-bond acceptors (Lipinski definition) is 2. The van der Waals surface area contributed by atoms with Crippen LogP contribution in [0.5, 0.6) is 0 Å². The van der Waals surface area contributed by atoms with Crippen LogP contribution in [0.2, 0.25) is 0 Å². The van der Waals surface area contributed by atoms with Gasteiger partial charge in [-0.15, -0.1) is 0 Å². The molecule has 0 fully saturated rings. The van der Waals surface area contributed by atoms with E-state index in [0.717, 1.165) is 31.7 Å². The maximum absolute atomic E-state index is 5.34. The molecular weight excluding hydrogens is 270 g/mol. The van der Waals surface area contributed by atoms with Gasteiger partial charge in [0.2, 0.25) is 0 Å². The van der Waals surface area contributed by atoms with E-state index in [1.807, 2.05) is 0 Å². The summed E-state index contributed by atoms with van der Waals surface area (Å²) in [5, 5.41) is 3.65. The molecule has 2 heteroatoms. The number of ether oxygens (including phenoxy) is 1. The quantitative estimate of drug-likeness (QED) is 0.905. The predicted molar refractivity (Wildman–Crippen MR) is 91.9 cm³/mol. The molecule has 0 saturated carbocycles. The first-order valence-corrected chi connectivity index (χ1v) is 8.54. The zero-order valence-corrected chi connectivity index (χ0v) is 13.7. The molecule has 1 aromatic carbocycles. The highest BCUT2D eigenvalue weighted by molar-refractivity contribution is 5.33. The Labute approximate surface area is 134 Å². The first-order valence-electron chi connectivity index (χ1n) is 8.54. The Morgan fingerprint density at radius 3 is 2.91 bits per heavy atom. The van der Waals surface area contributed by atoms with Crippen LogP contribution >= 0.6 is 0 Å². The lowest BCUT2D eigenvalue weighted by Crippen LogP contribution is -2.29. The number of nitrogens with one attached hydrogen (secondary N) is 1. The van der Waals surface area contributed by atoms with E-state index < -0.39 is 0 Å². The molecule has 118 valence electrons. The third-order valence-corrected chi connectivity index (χ3v) is 5.26. The Morgan fingerprint density at radius 2 is 2.18 bits per heavy atom. The molecule has 2 nitrogen and oxygen atoms in total. The monoisotopic (exact) mass is 297 g/mol. The number of rotatable bonds is 4. The van der Waals surface area contributed by atoms with Gasteiger partial charge in [0.25, 0.3) is 0 Å². The highest BCUT2D eigenvalue weighted by Gasteiger charge is 2.30. The second kappa shape index (κ2) is 7.15. The molecule has 3 unspecified atom stereocenters. The van der Waals surface area contributed by atoms with Gasteiger partial charge in [-0.2, -0.15) is 0 Å². The van der Waals surface area contributed by atoms with Gasteiger partial charge in [0.05, 0.1) is 7.11 Å². The molecule has 1 aromatic rings. The SMILES string of the molecule is CCC(C1C=CC(OC)=CC1)C1CNCCc2ccccc21. The van der Waals surface area contributed by atoms with Crippen LogP contribution in [0.4, 0.5) is 0 Å². The zero-order chi connectivity index (χ0) is 15.4. The third kappa shape index (κ3) is 3.12. The minimum Gasteiger partial charge on any atom is -0.497 e. The fourth-order valence-corrected chi connectivity index (χ4v) is 4.07. The van der Waals surface area contributed by atoms with Crippen molar-refractivity contribution in [1.82, 2.24) is 5.32 Å². The molecule has 0 radical (unpaired) electrons. The summed E-state index contributed by atoms with van der Waals surface area (Å²) in [7, 11) is 1.75. The van der Waals surface area contributed by atoms with Crippen molar-refractivity contribution in [3.8, 4) is 0 Å². The van der Waals surface area contributed by atoms with E-state index in [0.29, 0.717) is 17.8 Å². The van der Waals surface area contributed by atoms with Gasteiger partial charge in [-0.1, -0.05) is 43.7 Å². The summed E-state index contributed by atoms with van der Waals surface area (Å²) in [6.07, 6.45) is 10.2. The van der Waals surface area contributed by atoms with Crippen molar-refractivity contribution in [1.29, 1.82) is 0 Å². The summed E-state index contributed by atoms with van der Waals surface area (Å²) in [6, 6.07) is 9.03. The summed E-state index contributed by atoms with van der Waals surface area (Å²) in [6.45, 7) is 4.53. The minimum atomic E-state index is 0.607. The molecule has 1 heterocycles. The molecular formula is C20H27NO. The summed E-state index contributed by atoms with van der Waals surface area (Å²) >= 11 is 0. The van der Waals surface area contributed by atoms with Crippen molar-refractivity contribution in [2.75, 3.05) is 20.2 Å². The van der Waals surface area contributed by atoms with E-state index >= 15 is 0 Å². The maximum atomic E-state index is 5.34. The molecule has 22 heavy (non-hydrogen) atoms. The van der Waals surface area contributed by atoms with Crippen LogP contribution < -0.4 is 5.32 Å². The van der Waals surface area contributed by atoms with Crippen LogP contribution in [-0.2, 0) is 11.2 Å². The Balaban J connectivity index is 1.85. The summed E-state index contributed by atoms with van der Waals surface area (Å²) in [4.78, 5) is 0. The lowest BCUT2D eigenvalue weighted by atomic mass is 9.73. The number of allylic oxidation sites excluding steroid dienone is 3. The van der Waals surface area contributed by atoms with Gasteiger partial charge in [-0.25, -0.2) is 0 Å². The molecule has 1 aliphatic carbocycles. The minimum absolute atomic E-state index is 0.607. The fraction of sp³-hybridized carbons (Fsp3) is 0.500. The second-order valence-corrected chi connectivity index (χ2v) is 6.40. The van der Waals surface area contributed by atoms with Crippen molar-refractivity contribution in [3.05, 3.63) is 59.4 Å². The van der Waals surface area contributed by atoms with E-state index in [9.17, 15) is 0 Å². The van der Waals surface area contributed by atoms with E-state index in [2.05, 4.69) is 54.7 Å². The van der Waals surface area contributed by atoms with Crippen molar-refractivity contribution in [2.45, 2.75) is 32.1 Å². The summed E-state index contributed by atoms with van der Waals surface area (Å²) in [5.74, 6) is 2.90. The van der Waals surface area contributed by atoms with Gasteiger partial charge in [-0.3, -0.25) is 0 Å². The normalized spacial score (nSPS) is 25.8. The molecule has 3 atom stereocenters. The van der Waals surface area contributed by atoms with Crippen LogP contribution in [-0.4, -0.2) is 20.2 Å². The van der Waals surface area contributed by atoms with Gasteiger partial charge >= 0.3 is 0 Å². The van der Waals surface area contributed by atoms with Gasteiger partial charge in [0.15, 0.2) is 0 Å². The van der Waals surface area contributed by atoms with E-state index in [1.165, 1.54) is 12.0 Å². The molecule has 1 N–H and O–H groups in total. The molecule has 0 spiro atoms. The van der Waals surface area contributed by atoms with Crippen molar-refractivity contribution < 1.29 is 4.74 Å². The highest BCUT2D eigenvalue weighted by Crippen LogP contribution is 2.39. The van der Waals surface area contributed by atoms with Crippen molar-refractivity contribution in [2.24, 2.45) is 11.8 Å². The molecule has 0 amide bonds. The topological polar surface area (TPSA) is 21.3 Å². The molecule has 0 aromatic heterocycles. The largest absolute Gasteiger partial charge is 0.497 e. The fourth-order valence-electron chi connectivity index (χ4n) is 4.07. The number of hydrogen-bond donors (Lipinski definition) is 1. The Kier molecular flexibility index (Phi) is 4.99. The van der Waals surface area contributed by atoms with Gasteiger partial charge < -0.3 is 10.1 Å². The molecule has 1 aliphatic heterocycles. The third-order valence-electron chi connectivity index (χ3n) is 5.26. The lowest BCUT2D eigenvalue weighted by molar-refractivity contribution is 0.281. The molecule has 0 saturated heterocycles. The average Bonchev–Trinajstić information content (AvgIpc) is 2.79. The van der Waals surface area contributed by atoms with E-state index in [-0.39, 0.29) is 0 Å². The van der Waals surface area contributed by atoms with E-state index in [4.69, 9.17) is 4.74 Å². The standard InChI is InChI=1S/C20H27NO/c1-3-18(16-8-10-17(22-2)11-9-16)20-14-21-13-12-15-6-4-5-7-19(15)20/h4-8,10-11,16,18,20-21H,3,9,12-14H2,1-2H3. The van der Waals surface area contributed by atoms with Crippen molar-refractivity contribution >= 4 is 0 Å². The number of fused-ring (bicyclic) bond motifs is 1.